The van der Waals surface area contributed by atoms with Gasteiger partial charge in [0.05, 0.1) is 5.41 Å². The van der Waals surface area contributed by atoms with E-state index in [9.17, 15) is 4.79 Å². The minimum absolute atomic E-state index is 0.223. The van der Waals surface area contributed by atoms with Gasteiger partial charge in [0, 0.05) is 5.92 Å². The first-order chi connectivity index (χ1) is 11.3. The highest BCUT2D eigenvalue weighted by molar-refractivity contribution is 6.02. The molecule has 0 N–H and O–H groups in total. The van der Waals surface area contributed by atoms with Crippen LogP contribution in [-0.2, 0) is 10.2 Å². The van der Waals surface area contributed by atoms with E-state index >= 15 is 0 Å². The fourth-order valence-corrected chi connectivity index (χ4v) is 4.52. The van der Waals surface area contributed by atoms with Gasteiger partial charge in [-0.2, -0.15) is 0 Å². The summed E-state index contributed by atoms with van der Waals surface area (Å²) in [5.41, 5.74) is 1.90. The maximum Gasteiger partial charge on any atom is 0.151 e. The second-order valence-corrected chi connectivity index (χ2v) is 6.69. The second-order valence-electron chi connectivity index (χ2n) is 6.69. The Hall–Kier alpha value is -1.89. The molecule has 1 saturated carbocycles. The van der Waals surface area contributed by atoms with Crippen molar-refractivity contribution in [3.05, 3.63) is 71.8 Å². The van der Waals surface area contributed by atoms with Crippen molar-refractivity contribution in [1.29, 1.82) is 0 Å². The molecule has 0 aliphatic heterocycles. The van der Waals surface area contributed by atoms with Crippen molar-refractivity contribution in [2.45, 2.75) is 44.9 Å². The van der Waals surface area contributed by atoms with Crippen molar-refractivity contribution in [1.82, 2.24) is 0 Å². The quantitative estimate of drug-likeness (QED) is 0.699. The summed E-state index contributed by atoms with van der Waals surface area (Å²) in [5.74, 6) is 1.07. The molecule has 1 aliphatic rings. The summed E-state index contributed by atoms with van der Waals surface area (Å²) in [6.07, 6.45) is 4.33. The van der Waals surface area contributed by atoms with E-state index in [2.05, 4.69) is 62.4 Å². The molecule has 0 radical (unpaired) electrons. The average molecular weight is 306 g/mol. The lowest BCUT2D eigenvalue weighted by atomic mass is 9.46. The molecule has 0 bridgehead atoms. The van der Waals surface area contributed by atoms with E-state index in [-0.39, 0.29) is 5.92 Å². The third-order valence-electron chi connectivity index (χ3n) is 5.42. The Morgan fingerprint density at radius 1 is 0.783 bits per heavy atom. The highest BCUT2D eigenvalue weighted by Crippen LogP contribution is 2.57. The zero-order chi connectivity index (χ0) is 16.3. The number of carbonyl (C=O) groups is 1. The third-order valence-corrected chi connectivity index (χ3v) is 5.42. The first kappa shape index (κ1) is 16.0. The Balaban J connectivity index is 2.15. The van der Waals surface area contributed by atoms with Gasteiger partial charge in [-0.15, -0.1) is 0 Å². The number of carbonyl (C=O) groups excluding carboxylic acids is 1. The molecule has 2 aromatic rings. The van der Waals surface area contributed by atoms with Crippen molar-refractivity contribution in [2.24, 2.45) is 11.8 Å². The first-order valence-corrected chi connectivity index (χ1v) is 8.92. The van der Waals surface area contributed by atoms with Gasteiger partial charge in [0.1, 0.15) is 0 Å². The van der Waals surface area contributed by atoms with Crippen molar-refractivity contribution in [2.75, 3.05) is 0 Å². The smallest absolute Gasteiger partial charge is 0.151 e. The summed E-state index contributed by atoms with van der Waals surface area (Å²) in [6, 6.07) is 20.8. The molecule has 1 nitrogen and oxygen atoms in total. The van der Waals surface area contributed by atoms with E-state index < -0.39 is 5.41 Å². The van der Waals surface area contributed by atoms with Gasteiger partial charge in [-0.25, -0.2) is 0 Å². The van der Waals surface area contributed by atoms with Crippen LogP contribution in [0, 0.1) is 11.8 Å². The van der Waals surface area contributed by atoms with Crippen LogP contribution in [0.3, 0.4) is 0 Å². The van der Waals surface area contributed by atoms with Gasteiger partial charge in [0.25, 0.3) is 0 Å². The number of hydrogen-bond donors (Lipinski definition) is 0. The van der Waals surface area contributed by atoms with Gasteiger partial charge in [-0.3, -0.25) is 4.79 Å². The predicted molar refractivity (Wildman–Crippen MR) is 95.5 cm³/mol. The van der Waals surface area contributed by atoms with Crippen molar-refractivity contribution in [3.8, 4) is 0 Å². The fraction of sp³-hybridized carbons (Fsp3) is 0.409. The highest BCUT2D eigenvalue weighted by Gasteiger charge is 2.61. The Morgan fingerprint density at radius 3 is 1.70 bits per heavy atom. The van der Waals surface area contributed by atoms with Crippen LogP contribution < -0.4 is 0 Å². The molecule has 1 fully saturated rings. The Bertz CT molecular complexity index is 605. The lowest BCUT2D eigenvalue weighted by molar-refractivity contribution is -0.145. The summed E-state index contributed by atoms with van der Waals surface area (Å²) in [6.45, 7) is 4.41. The van der Waals surface area contributed by atoms with Crippen LogP contribution >= 0.6 is 0 Å². The topological polar surface area (TPSA) is 17.1 Å². The molecule has 2 aromatic carbocycles. The highest BCUT2D eigenvalue weighted by atomic mass is 16.1. The number of rotatable bonds is 6. The largest absolute Gasteiger partial charge is 0.298 e. The van der Waals surface area contributed by atoms with Crippen LogP contribution in [0.4, 0.5) is 0 Å². The maximum atomic E-state index is 13.4. The molecule has 0 aromatic heterocycles. The fourth-order valence-electron chi connectivity index (χ4n) is 4.52. The molecule has 0 amide bonds. The minimum atomic E-state index is -0.432. The molecule has 23 heavy (non-hydrogen) atoms. The summed E-state index contributed by atoms with van der Waals surface area (Å²) in [7, 11) is 0. The summed E-state index contributed by atoms with van der Waals surface area (Å²) in [4.78, 5) is 13.4. The van der Waals surface area contributed by atoms with E-state index in [0.717, 1.165) is 25.7 Å². The van der Waals surface area contributed by atoms with E-state index in [0.29, 0.717) is 11.7 Å². The van der Waals surface area contributed by atoms with Crippen LogP contribution in [0.25, 0.3) is 0 Å². The average Bonchev–Trinajstić information content (AvgIpc) is 2.61. The summed E-state index contributed by atoms with van der Waals surface area (Å²) in [5, 5.41) is 0. The lowest BCUT2D eigenvalue weighted by Crippen LogP contribution is -2.61. The molecule has 120 valence electrons. The predicted octanol–water partition coefficient (Wildman–Crippen LogP) is 5.39. The molecule has 3 rings (SSSR count). The van der Waals surface area contributed by atoms with Gasteiger partial charge in [0.2, 0.25) is 0 Å². The van der Waals surface area contributed by atoms with Crippen LogP contribution in [0.1, 0.15) is 50.7 Å². The molecule has 0 saturated heterocycles. The zero-order valence-corrected chi connectivity index (χ0v) is 14.2. The van der Waals surface area contributed by atoms with Crippen LogP contribution in [0.5, 0.6) is 0 Å². The number of hydrogen-bond acceptors (Lipinski definition) is 1. The number of benzene rings is 2. The Morgan fingerprint density at radius 2 is 1.26 bits per heavy atom. The van der Waals surface area contributed by atoms with E-state index in [1.54, 1.807) is 0 Å². The molecule has 1 aliphatic carbocycles. The Kier molecular flexibility index (Phi) is 4.66. The van der Waals surface area contributed by atoms with Crippen molar-refractivity contribution < 1.29 is 4.79 Å². The SMILES string of the molecule is CCC[C@@H]1C(=O)C(c2ccccc2)(c2ccccc2)[C@H]1CCC. The standard InChI is InChI=1S/C22H26O/c1-3-11-19-20(12-4-2)22(21(19)23,17-13-7-5-8-14-17)18-15-9-6-10-16-18/h5-10,13-16,19-20H,3-4,11-12H2,1-2H3/t19-,20-/m0/s1. The van der Waals surface area contributed by atoms with Gasteiger partial charge < -0.3 is 0 Å². The molecular weight excluding hydrogens is 280 g/mol. The normalized spacial score (nSPS) is 22.6. The molecule has 2 atom stereocenters. The van der Waals surface area contributed by atoms with Gasteiger partial charge in [-0.05, 0) is 29.9 Å². The summed E-state index contributed by atoms with van der Waals surface area (Å²) < 4.78 is 0. The zero-order valence-electron chi connectivity index (χ0n) is 14.2. The van der Waals surface area contributed by atoms with Crippen molar-refractivity contribution in [3.63, 3.8) is 0 Å². The van der Waals surface area contributed by atoms with E-state index in [1.807, 2.05) is 12.1 Å². The van der Waals surface area contributed by atoms with Crippen molar-refractivity contribution >= 4 is 5.78 Å². The number of Topliss-reactive ketones (excluding diaryl/α,β-unsaturated/α-hetero) is 1. The Labute approximate surface area is 139 Å². The first-order valence-electron chi connectivity index (χ1n) is 8.92. The summed E-state index contributed by atoms with van der Waals surface area (Å²) >= 11 is 0. The molecule has 0 heterocycles. The maximum absolute atomic E-state index is 13.4. The van der Waals surface area contributed by atoms with Crippen LogP contribution in [-0.4, -0.2) is 5.78 Å². The van der Waals surface area contributed by atoms with Crippen LogP contribution in [0.2, 0.25) is 0 Å². The monoisotopic (exact) mass is 306 g/mol. The van der Waals surface area contributed by atoms with Gasteiger partial charge in [-0.1, -0.05) is 87.4 Å². The van der Waals surface area contributed by atoms with E-state index in [4.69, 9.17) is 0 Å². The molecule has 0 spiro atoms. The molecule has 0 unspecified atom stereocenters. The van der Waals surface area contributed by atoms with Gasteiger partial charge in [0.15, 0.2) is 5.78 Å². The number of ketones is 1. The van der Waals surface area contributed by atoms with Crippen LogP contribution in [0.15, 0.2) is 60.7 Å². The minimum Gasteiger partial charge on any atom is -0.298 e. The van der Waals surface area contributed by atoms with Gasteiger partial charge >= 0.3 is 0 Å². The van der Waals surface area contributed by atoms with E-state index in [1.165, 1.54) is 11.1 Å². The molecular formula is C22H26O. The third kappa shape index (κ3) is 2.43. The lowest BCUT2D eigenvalue weighted by Gasteiger charge is -2.54. The molecule has 1 heteroatoms. The second kappa shape index (κ2) is 6.70.